The number of hydrogen-bond acceptors (Lipinski definition) is 3. The number of rotatable bonds is 5. The Labute approximate surface area is 126 Å². The quantitative estimate of drug-likeness (QED) is 0.874. The number of urea groups is 1. The van der Waals surface area contributed by atoms with Crippen LogP contribution in [0.3, 0.4) is 0 Å². The molecule has 1 fully saturated rings. The van der Waals surface area contributed by atoms with Crippen molar-refractivity contribution in [2.45, 2.75) is 25.3 Å². The van der Waals surface area contributed by atoms with Crippen molar-refractivity contribution in [3.63, 3.8) is 0 Å². The zero-order valence-electron chi connectivity index (χ0n) is 11.2. The molecule has 1 saturated carbocycles. The van der Waals surface area contributed by atoms with E-state index in [2.05, 4.69) is 5.32 Å². The number of nitrogens with one attached hydrogen (secondary N) is 1. The summed E-state index contributed by atoms with van der Waals surface area (Å²) >= 11 is 5.84. The summed E-state index contributed by atoms with van der Waals surface area (Å²) < 4.78 is 0. The van der Waals surface area contributed by atoms with Crippen LogP contribution in [-0.2, 0) is 0 Å². The fourth-order valence-corrected chi connectivity index (χ4v) is 2.22. The second kappa shape index (κ2) is 6.46. The average molecular weight is 308 g/mol. The zero-order chi connectivity index (χ0) is 15.4. The van der Waals surface area contributed by atoms with E-state index >= 15 is 0 Å². The summed E-state index contributed by atoms with van der Waals surface area (Å²) in [6.45, 7) is 0.360. The van der Waals surface area contributed by atoms with Gasteiger partial charge in [0.2, 0.25) is 0 Å². The smallest absolute Gasteiger partial charge is 0.335 e. The van der Waals surface area contributed by atoms with E-state index in [-0.39, 0.29) is 29.1 Å². The third-order valence-corrected chi connectivity index (χ3v) is 3.33. The van der Waals surface area contributed by atoms with E-state index < -0.39 is 5.97 Å². The van der Waals surface area contributed by atoms with Gasteiger partial charge in [-0.3, -0.25) is 0 Å². The molecule has 0 unspecified atom stereocenters. The lowest BCUT2D eigenvalue weighted by Gasteiger charge is -2.21. The van der Waals surface area contributed by atoms with Crippen LogP contribution < -0.4 is 5.32 Å². The normalized spacial score (nSPS) is 13.3. The minimum Gasteiger partial charge on any atom is -0.478 e. The van der Waals surface area contributed by atoms with Crippen molar-refractivity contribution in [1.82, 2.24) is 4.90 Å². The van der Waals surface area contributed by atoms with Gasteiger partial charge in [-0.1, -0.05) is 11.6 Å². The number of halogens is 1. The summed E-state index contributed by atoms with van der Waals surface area (Å²) in [5.41, 5.74) is 0.334. The Hall–Kier alpha value is -2.26. The SMILES string of the molecule is N#CCCN(C(=O)Nc1cc(Cl)cc(C(=O)O)c1)C1CC1. The van der Waals surface area contributed by atoms with Gasteiger partial charge in [0.15, 0.2) is 0 Å². The van der Waals surface area contributed by atoms with E-state index in [1.807, 2.05) is 6.07 Å². The zero-order valence-corrected chi connectivity index (χ0v) is 11.9. The molecule has 0 saturated heterocycles. The highest BCUT2D eigenvalue weighted by molar-refractivity contribution is 6.31. The number of nitriles is 1. The predicted octanol–water partition coefficient (Wildman–Crippen LogP) is 2.95. The second-order valence-electron chi connectivity index (χ2n) is 4.80. The van der Waals surface area contributed by atoms with Crippen LogP contribution in [-0.4, -0.2) is 34.6 Å². The number of carboxylic acid groups (broad SMARTS) is 1. The van der Waals surface area contributed by atoms with Gasteiger partial charge in [0.1, 0.15) is 0 Å². The highest BCUT2D eigenvalue weighted by Gasteiger charge is 2.32. The van der Waals surface area contributed by atoms with E-state index in [1.165, 1.54) is 18.2 Å². The van der Waals surface area contributed by atoms with E-state index in [1.54, 1.807) is 4.90 Å². The third kappa shape index (κ3) is 4.10. The Morgan fingerprint density at radius 1 is 1.43 bits per heavy atom. The highest BCUT2D eigenvalue weighted by atomic mass is 35.5. The molecule has 1 aromatic carbocycles. The lowest BCUT2D eigenvalue weighted by atomic mass is 10.2. The van der Waals surface area contributed by atoms with Crippen LogP contribution in [0.25, 0.3) is 0 Å². The fourth-order valence-electron chi connectivity index (χ4n) is 1.99. The van der Waals surface area contributed by atoms with Crippen LogP contribution >= 0.6 is 11.6 Å². The van der Waals surface area contributed by atoms with Crippen LogP contribution in [0.2, 0.25) is 5.02 Å². The molecule has 1 aromatic rings. The van der Waals surface area contributed by atoms with Gasteiger partial charge in [-0.25, -0.2) is 9.59 Å². The monoisotopic (exact) mass is 307 g/mol. The average Bonchev–Trinajstić information content (AvgIpc) is 3.23. The van der Waals surface area contributed by atoms with E-state index in [9.17, 15) is 9.59 Å². The van der Waals surface area contributed by atoms with E-state index in [0.717, 1.165) is 12.8 Å². The third-order valence-electron chi connectivity index (χ3n) is 3.11. The molecule has 110 valence electrons. The molecule has 6 nitrogen and oxygen atoms in total. The summed E-state index contributed by atoms with van der Waals surface area (Å²) in [7, 11) is 0. The number of carbonyl (C=O) groups is 2. The van der Waals surface area contributed by atoms with Gasteiger partial charge >= 0.3 is 12.0 Å². The number of amides is 2. The van der Waals surface area contributed by atoms with E-state index in [0.29, 0.717) is 12.2 Å². The van der Waals surface area contributed by atoms with Crippen molar-refractivity contribution >= 4 is 29.3 Å². The summed E-state index contributed by atoms with van der Waals surface area (Å²) in [6.07, 6.45) is 2.11. The van der Waals surface area contributed by atoms with Crippen molar-refractivity contribution in [3.8, 4) is 6.07 Å². The maximum atomic E-state index is 12.2. The van der Waals surface area contributed by atoms with Crippen molar-refractivity contribution < 1.29 is 14.7 Å². The first kappa shape index (κ1) is 15.1. The summed E-state index contributed by atoms with van der Waals surface area (Å²) in [4.78, 5) is 24.8. The molecule has 1 aliphatic carbocycles. The van der Waals surface area contributed by atoms with Crippen LogP contribution in [0.5, 0.6) is 0 Å². The molecular weight excluding hydrogens is 294 g/mol. The second-order valence-corrected chi connectivity index (χ2v) is 5.23. The maximum Gasteiger partial charge on any atom is 0.335 e. The van der Waals surface area contributed by atoms with Gasteiger partial charge in [0, 0.05) is 23.3 Å². The lowest BCUT2D eigenvalue weighted by Crippen LogP contribution is -2.37. The van der Waals surface area contributed by atoms with Crippen LogP contribution in [0, 0.1) is 11.3 Å². The summed E-state index contributed by atoms with van der Waals surface area (Å²) in [6, 6.07) is 5.98. The molecule has 0 radical (unpaired) electrons. The number of hydrogen-bond donors (Lipinski definition) is 2. The molecule has 0 bridgehead atoms. The number of aromatic carboxylic acids is 1. The first-order chi connectivity index (χ1) is 10.0. The van der Waals surface area contributed by atoms with E-state index in [4.69, 9.17) is 22.0 Å². The lowest BCUT2D eigenvalue weighted by molar-refractivity contribution is 0.0697. The van der Waals surface area contributed by atoms with Crippen LogP contribution in [0.15, 0.2) is 18.2 Å². The molecule has 1 aliphatic rings. The van der Waals surface area contributed by atoms with Gasteiger partial charge in [0.05, 0.1) is 18.1 Å². The predicted molar refractivity (Wildman–Crippen MR) is 77.4 cm³/mol. The molecular formula is C14H14ClN3O3. The van der Waals surface area contributed by atoms with Crippen LogP contribution in [0.4, 0.5) is 10.5 Å². The van der Waals surface area contributed by atoms with Crippen molar-refractivity contribution in [2.75, 3.05) is 11.9 Å². The number of anilines is 1. The molecule has 7 heteroatoms. The topological polar surface area (TPSA) is 93.4 Å². The van der Waals surface area contributed by atoms with Crippen LogP contribution in [0.1, 0.15) is 29.6 Å². The van der Waals surface area contributed by atoms with Crippen molar-refractivity contribution in [1.29, 1.82) is 5.26 Å². The number of benzene rings is 1. The van der Waals surface area contributed by atoms with Gasteiger partial charge in [-0.15, -0.1) is 0 Å². The maximum absolute atomic E-state index is 12.2. The number of nitrogens with zero attached hydrogens (tertiary/aromatic N) is 2. The Morgan fingerprint density at radius 3 is 2.71 bits per heavy atom. The molecule has 2 N–H and O–H groups in total. The Balaban J connectivity index is 2.10. The van der Waals surface area contributed by atoms with Gasteiger partial charge in [0.25, 0.3) is 0 Å². The van der Waals surface area contributed by atoms with Crippen molar-refractivity contribution in [2.24, 2.45) is 0 Å². The summed E-state index contributed by atoms with van der Waals surface area (Å²) in [5, 5.41) is 20.5. The Morgan fingerprint density at radius 2 is 2.14 bits per heavy atom. The fraction of sp³-hybridized carbons (Fsp3) is 0.357. The Bertz CT molecular complexity index is 608. The molecule has 0 aliphatic heterocycles. The van der Waals surface area contributed by atoms with Gasteiger partial charge in [-0.05, 0) is 31.0 Å². The minimum absolute atomic E-state index is 0.00722. The molecule has 0 atom stereocenters. The molecule has 2 rings (SSSR count). The molecule has 21 heavy (non-hydrogen) atoms. The van der Waals surface area contributed by atoms with Crippen molar-refractivity contribution in [3.05, 3.63) is 28.8 Å². The van der Waals surface area contributed by atoms with Gasteiger partial charge in [-0.2, -0.15) is 5.26 Å². The largest absolute Gasteiger partial charge is 0.478 e. The van der Waals surface area contributed by atoms with Gasteiger partial charge < -0.3 is 15.3 Å². The first-order valence-electron chi connectivity index (χ1n) is 6.49. The molecule has 2 amide bonds. The molecule has 0 spiro atoms. The minimum atomic E-state index is -1.11. The number of carboxylic acids is 1. The number of carbonyl (C=O) groups excluding carboxylic acids is 1. The first-order valence-corrected chi connectivity index (χ1v) is 6.87. The summed E-state index contributed by atoms with van der Waals surface area (Å²) in [5.74, 6) is -1.11. The molecule has 0 aromatic heterocycles. The molecule has 0 heterocycles. The Kier molecular flexibility index (Phi) is 4.66. The standard InChI is InChI=1S/C14H14ClN3O3/c15-10-6-9(13(19)20)7-11(8-10)17-14(21)18(5-1-4-16)12-2-3-12/h6-8,12H,1-3,5H2,(H,17,21)(H,19,20). The highest BCUT2D eigenvalue weighted by Crippen LogP contribution is 2.28.